The highest BCUT2D eigenvalue weighted by Crippen LogP contribution is 2.32. The maximum Gasteiger partial charge on any atom is 0.278 e. The van der Waals surface area contributed by atoms with Gasteiger partial charge < -0.3 is 19.5 Å². The van der Waals surface area contributed by atoms with Gasteiger partial charge in [0.2, 0.25) is 0 Å². The molecule has 0 saturated heterocycles. The molecular formula is C24H28N2O5. The highest BCUT2D eigenvalue weighted by molar-refractivity contribution is 6.36. The number of rotatable bonds is 11. The van der Waals surface area contributed by atoms with Crippen LogP contribution in [0.4, 0.5) is 5.69 Å². The number of amides is 2. The van der Waals surface area contributed by atoms with Crippen molar-refractivity contribution < 1.29 is 23.8 Å². The molecule has 0 fully saturated rings. The number of hydrogen-bond donors (Lipinski definition) is 1. The fourth-order valence-corrected chi connectivity index (χ4v) is 3.39. The number of anilines is 1. The van der Waals surface area contributed by atoms with E-state index >= 15 is 0 Å². The molecule has 0 radical (unpaired) electrons. The van der Waals surface area contributed by atoms with Crippen molar-refractivity contribution in [1.29, 1.82) is 0 Å². The minimum Gasteiger partial charge on any atom is -0.494 e. The molecule has 0 unspecified atom stereocenters. The van der Waals surface area contributed by atoms with Crippen LogP contribution in [0, 0.1) is 0 Å². The maximum absolute atomic E-state index is 13.2. The molecule has 164 valence electrons. The fraction of sp³-hybridized carbons (Fsp3) is 0.333. The average Bonchev–Trinajstić information content (AvgIpc) is 2.99. The first-order valence-electron chi connectivity index (χ1n) is 10.4. The summed E-state index contributed by atoms with van der Waals surface area (Å²) >= 11 is 0. The van der Waals surface area contributed by atoms with E-state index in [1.165, 1.54) is 4.90 Å². The third-order valence-electron chi connectivity index (χ3n) is 4.77. The monoisotopic (exact) mass is 424 g/mol. The van der Waals surface area contributed by atoms with E-state index in [0.29, 0.717) is 54.6 Å². The SMILES string of the molecule is CCOc1ccc(C2=C(Nc3cccc(OCC)c3)C(=O)N(CCCOC)C2=O)cc1. The summed E-state index contributed by atoms with van der Waals surface area (Å²) in [4.78, 5) is 27.6. The van der Waals surface area contributed by atoms with Gasteiger partial charge >= 0.3 is 0 Å². The van der Waals surface area contributed by atoms with E-state index in [1.54, 1.807) is 37.4 Å². The molecule has 2 aromatic rings. The van der Waals surface area contributed by atoms with Gasteiger partial charge in [-0.25, -0.2) is 0 Å². The lowest BCUT2D eigenvalue weighted by Crippen LogP contribution is -2.33. The molecule has 2 aromatic carbocycles. The van der Waals surface area contributed by atoms with Crippen molar-refractivity contribution in [2.75, 3.05) is 38.8 Å². The zero-order valence-corrected chi connectivity index (χ0v) is 18.1. The molecule has 0 saturated carbocycles. The molecule has 3 rings (SSSR count). The third-order valence-corrected chi connectivity index (χ3v) is 4.77. The van der Waals surface area contributed by atoms with E-state index in [1.807, 2.05) is 32.0 Å². The third kappa shape index (κ3) is 5.24. The highest BCUT2D eigenvalue weighted by atomic mass is 16.5. The molecule has 1 heterocycles. The van der Waals surface area contributed by atoms with Crippen molar-refractivity contribution in [3.05, 3.63) is 59.8 Å². The van der Waals surface area contributed by atoms with Crippen LogP contribution < -0.4 is 14.8 Å². The van der Waals surface area contributed by atoms with Crippen LogP contribution in [0.5, 0.6) is 11.5 Å². The zero-order valence-electron chi connectivity index (χ0n) is 18.1. The summed E-state index contributed by atoms with van der Waals surface area (Å²) in [6.45, 7) is 5.66. The van der Waals surface area contributed by atoms with Gasteiger partial charge in [0.05, 0.1) is 18.8 Å². The first-order valence-corrected chi connectivity index (χ1v) is 10.4. The summed E-state index contributed by atoms with van der Waals surface area (Å²) in [5, 5.41) is 3.15. The van der Waals surface area contributed by atoms with Gasteiger partial charge in [-0.3, -0.25) is 14.5 Å². The van der Waals surface area contributed by atoms with Crippen molar-refractivity contribution in [2.24, 2.45) is 0 Å². The van der Waals surface area contributed by atoms with E-state index in [9.17, 15) is 9.59 Å². The van der Waals surface area contributed by atoms with Gasteiger partial charge in [-0.1, -0.05) is 18.2 Å². The lowest BCUT2D eigenvalue weighted by molar-refractivity contribution is -0.136. The van der Waals surface area contributed by atoms with E-state index in [0.717, 1.165) is 0 Å². The standard InChI is InChI=1S/C24H28N2O5/c1-4-30-19-12-10-17(11-13-19)21-22(24(28)26(23(21)27)14-7-15-29-3)25-18-8-6-9-20(16-18)31-5-2/h6,8-13,16,25H,4-5,7,14-15H2,1-3H3. The summed E-state index contributed by atoms with van der Waals surface area (Å²) in [5.74, 6) is 0.712. The Bertz CT molecular complexity index is 953. The molecule has 0 aliphatic carbocycles. The van der Waals surface area contributed by atoms with Crippen LogP contribution in [0.1, 0.15) is 25.8 Å². The molecule has 2 amide bonds. The number of nitrogens with zero attached hydrogens (tertiary/aromatic N) is 1. The van der Waals surface area contributed by atoms with Gasteiger partial charge in [-0.15, -0.1) is 0 Å². The second kappa shape index (κ2) is 10.6. The number of carbonyl (C=O) groups excluding carboxylic acids is 2. The van der Waals surface area contributed by atoms with E-state index < -0.39 is 0 Å². The first-order chi connectivity index (χ1) is 15.1. The van der Waals surface area contributed by atoms with Crippen LogP contribution in [0.2, 0.25) is 0 Å². The Morgan fingerprint density at radius 1 is 0.903 bits per heavy atom. The van der Waals surface area contributed by atoms with E-state index in [-0.39, 0.29) is 24.1 Å². The molecule has 1 aliphatic heterocycles. The lowest BCUT2D eigenvalue weighted by Gasteiger charge is -2.15. The van der Waals surface area contributed by atoms with Gasteiger partial charge in [-0.2, -0.15) is 0 Å². The second-order valence-corrected chi connectivity index (χ2v) is 6.90. The number of ether oxygens (including phenoxy) is 3. The summed E-state index contributed by atoms with van der Waals surface area (Å²) in [6.07, 6.45) is 0.567. The number of carbonyl (C=O) groups is 2. The molecule has 7 heteroatoms. The summed E-state index contributed by atoms with van der Waals surface area (Å²) in [7, 11) is 1.59. The lowest BCUT2D eigenvalue weighted by atomic mass is 10.0. The van der Waals surface area contributed by atoms with Crippen molar-refractivity contribution in [2.45, 2.75) is 20.3 Å². The van der Waals surface area contributed by atoms with Crippen molar-refractivity contribution in [3.8, 4) is 11.5 Å². The number of imide groups is 1. The van der Waals surface area contributed by atoms with Gasteiger partial charge in [0.15, 0.2) is 0 Å². The van der Waals surface area contributed by atoms with Gasteiger partial charge in [-0.05, 0) is 50.1 Å². The predicted octanol–water partition coefficient (Wildman–Crippen LogP) is 3.71. The maximum atomic E-state index is 13.2. The molecule has 1 aliphatic rings. The van der Waals surface area contributed by atoms with E-state index in [2.05, 4.69) is 5.32 Å². The molecular weight excluding hydrogens is 396 g/mol. The normalized spacial score (nSPS) is 13.7. The quantitative estimate of drug-likeness (QED) is 0.438. The highest BCUT2D eigenvalue weighted by Gasteiger charge is 2.38. The molecule has 31 heavy (non-hydrogen) atoms. The zero-order chi connectivity index (χ0) is 22.2. The Morgan fingerprint density at radius 3 is 2.29 bits per heavy atom. The van der Waals surface area contributed by atoms with Crippen LogP contribution in [0.15, 0.2) is 54.2 Å². The Kier molecular flexibility index (Phi) is 7.67. The smallest absolute Gasteiger partial charge is 0.278 e. The van der Waals surface area contributed by atoms with Gasteiger partial charge in [0.1, 0.15) is 17.2 Å². The Balaban J connectivity index is 1.96. The van der Waals surface area contributed by atoms with Crippen LogP contribution in [0.25, 0.3) is 5.57 Å². The van der Waals surface area contributed by atoms with Crippen LogP contribution in [0.3, 0.4) is 0 Å². The van der Waals surface area contributed by atoms with Gasteiger partial charge in [0, 0.05) is 32.0 Å². The molecule has 0 bridgehead atoms. The summed E-state index contributed by atoms with van der Waals surface area (Å²) in [5.41, 5.74) is 1.91. The number of nitrogens with one attached hydrogen (secondary N) is 1. The fourth-order valence-electron chi connectivity index (χ4n) is 3.39. The number of methoxy groups -OCH3 is 1. The molecule has 7 nitrogen and oxygen atoms in total. The van der Waals surface area contributed by atoms with Crippen LogP contribution in [-0.2, 0) is 14.3 Å². The summed E-state index contributed by atoms with van der Waals surface area (Å²) in [6, 6.07) is 14.5. The van der Waals surface area contributed by atoms with Gasteiger partial charge in [0.25, 0.3) is 11.8 Å². The van der Waals surface area contributed by atoms with Crippen LogP contribution in [-0.4, -0.2) is 50.2 Å². The number of hydrogen-bond acceptors (Lipinski definition) is 6. The second-order valence-electron chi connectivity index (χ2n) is 6.90. The average molecular weight is 424 g/mol. The Morgan fingerprint density at radius 2 is 1.61 bits per heavy atom. The molecule has 0 spiro atoms. The molecule has 0 aromatic heterocycles. The van der Waals surface area contributed by atoms with Crippen LogP contribution >= 0.6 is 0 Å². The van der Waals surface area contributed by atoms with Crippen molar-refractivity contribution >= 4 is 23.1 Å². The minimum atomic E-state index is -0.355. The van der Waals surface area contributed by atoms with E-state index in [4.69, 9.17) is 14.2 Å². The molecule has 0 atom stereocenters. The predicted molar refractivity (Wildman–Crippen MR) is 119 cm³/mol. The Hall–Kier alpha value is -3.32. The Labute approximate surface area is 182 Å². The van der Waals surface area contributed by atoms with Crippen molar-refractivity contribution in [1.82, 2.24) is 4.90 Å². The molecule has 1 N–H and O–H groups in total. The minimum absolute atomic E-state index is 0.250. The largest absolute Gasteiger partial charge is 0.494 e. The van der Waals surface area contributed by atoms with Crippen molar-refractivity contribution in [3.63, 3.8) is 0 Å². The summed E-state index contributed by atoms with van der Waals surface area (Å²) < 4.78 is 16.1. The topological polar surface area (TPSA) is 77.1 Å². The number of benzene rings is 2. The first kappa shape index (κ1) is 22.4.